The maximum Gasteiger partial charge on any atom is 0.338 e. The van der Waals surface area contributed by atoms with Crippen LogP contribution in [0.1, 0.15) is 27.6 Å². The third-order valence-electron chi connectivity index (χ3n) is 4.63. The number of hydrogen-bond donors (Lipinski definition) is 2. The van der Waals surface area contributed by atoms with E-state index in [1.54, 1.807) is 60.7 Å². The van der Waals surface area contributed by atoms with Gasteiger partial charge in [0.15, 0.2) is 6.10 Å². The lowest BCUT2D eigenvalue weighted by molar-refractivity contribution is -0.120. The van der Waals surface area contributed by atoms with Crippen molar-refractivity contribution in [2.24, 2.45) is 5.16 Å². The highest BCUT2D eigenvalue weighted by Crippen LogP contribution is 2.25. The Kier molecular flexibility index (Phi) is 7.34. The van der Waals surface area contributed by atoms with Crippen molar-refractivity contribution in [2.75, 3.05) is 6.61 Å². The Hall–Kier alpha value is -3.72. The third-order valence-corrected chi connectivity index (χ3v) is 4.63. The molecule has 0 radical (unpaired) electrons. The summed E-state index contributed by atoms with van der Waals surface area (Å²) in [5.41, 5.74) is 0.666. The van der Waals surface area contributed by atoms with Gasteiger partial charge in [-0.2, -0.15) is 0 Å². The van der Waals surface area contributed by atoms with Crippen molar-refractivity contribution in [2.45, 2.75) is 31.3 Å². The van der Waals surface area contributed by atoms with Gasteiger partial charge in [0, 0.05) is 6.92 Å². The molecule has 1 aliphatic rings. The van der Waals surface area contributed by atoms with E-state index in [2.05, 4.69) is 10.5 Å². The van der Waals surface area contributed by atoms with Gasteiger partial charge in [-0.25, -0.2) is 9.59 Å². The van der Waals surface area contributed by atoms with E-state index < -0.39 is 42.2 Å². The molecule has 3 rings (SSSR count). The average Bonchev–Trinajstić information content (AvgIpc) is 3.09. The van der Waals surface area contributed by atoms with Crippen molar-refractivity contribution in [3.8, 4) is 0 Å². The second kappa shape index (κ2) is 10.4. The molecule has 1 fully saturated rings. The van der Waals surface area contributed by atoms with E-state index in [1.807, 2.05) is 0 Å². The minimum atomic E-state index is -1.01. The molecule has 0 spiro atoms. The summed E-state index contributed by atoms with van der Waals surface area (Å²) in [5, 5.41) is 14.6. The Labute approximate surface area is 178 Å². The van der Waals surface area contributed by atoms with Gasteiger partial charge in [0.25, 0.3) is 0 Å². The van der Waals surface area contributed by atoms with E-state index in [-0.39, 0.29) is 6.61 Å². The Morgan fingerprint density at radius 3 is 2.16 bits per heavy atom. The number of carbonyl (C=O) groups is 3. The summed E-state index contributed by atoms with van der Waals surface area (Å²) in [6.07, 6.45) is -1.76. The lowest BCUT2D eigenvalue weighted by Gasteiger charge is -2.24. The third kappa shape index (κ3) is 5.67. The Morgan fingerprint density at radius 1 is 1.03 bits per heavy atom. The highest BCUT2D eigenvalue weighted by Gasteiger charge is 2.47. The van der Waals surface area contributed by atoms with Crippen LogP contribution < -0.4 is 5.32 Å². The second-order valence-electron chi connectivity index (χ2n) is 6.83. The van der Waals surface area contributed by atoms with Gasteiger partial charge in [-0.1, -0.05) is 41.6 Å². The number of benzene rings is 2. The number of nitrogens with one attached hydrogen (secondary N) is 1. The fourth-order valence-electron chi connectivity index (χ4n) is 3.24. The van der Waals surface area contributed by atoms with Crippen molar-refractivity contribution in [1.82, 2.24) is 5.32 Å². The summed E-state index contributed by atoms with van der Waals surface area (Å²) in [5.74, 6) is -1.60. The van der Waals surface area contributed by atoms with Crippen molar-refractivity contribution < 1.29 is 33.8 Å². The molecule has 1 amide bonds. The van der Waals surface area contributed by atoms with Crippen molar-refractivity contribution in [3.05, 3.63) is 71.8 Å². The van der Waals surface area contributed by atoms with Gasteiger partial charge in [0.05, 0.1) is 23.4 Å². The first-order valence-corrected chi connectivity index (χ1v) is 9.58. The largest absolute Gasteiger partial charge is 0.459 e. The van der Waals surface area contributed by atoms with Gasteiger partial charge >= 0.3 is 11.9 Å². The Balaban J connectivity index is 1.76. The number of oxime groups is 1. The van der Waals surface area contributed by atoms with E-state index in [0.29, 0.717) is 11.1 Å². The normalized spacial score (nSPS) is 22.7. The number of ether oxygens (including phenoxy) is 3. The molecule has 31 heavy (non-hydrogen) atoms. The predicted molar refractivity (Wildman–Crippen MR) is 109 cm³/mol. The van der Waals surface area contributed by atoms with Gasteiger partial charge in [-0.3, -0.25) is 4.79 Å². The van der Waals surface area contributed by atoms with Crippen LogP contribution in [0.2, 0.25) is 0 Å². The molecule has 9 nitrogen and oxygen atoms in total. The highest BCUT2D eigenvalue weighted by molar-refractivity contribution is 5.90. The molecule has 0 unspecified atom stereocenters. The maximum absolute atomic E-state index is 12.6. The SMILES string of the molecule is CC(=O)N[C@@H]1[C@@H](OC(=O)c2ccccc2)[C@H](/C=N\O)O[C@@H]1COC(=O)c1ccccc1. The molecule has 162 valence electrons. The second-order valence-corrected chi connectivity index (χ2v) is 6.83. The van der Waals surface area contributed by atoms with Gasteiger partial charge in [-0.15, -0.1) is 0 Å². The quantitative estimate of drug-likeness (QED) is 0.299. The van der Waals surface area contributed by atoms with Crippen LogP contribution in [0.25, 0.3) is 0 Å². The van der Waals surface area contributed by atoms with E-state index in [1.165, 1.54) is 6.92 Å². The van der Waals surface area contributed by atoms with Gasteiger partial charge in [0.2, 0.25) is 5.91 Å². The first-order valence-electron chi connectivity index (χ1n) is 9.58. The molecule has 0 saturated carbocycles. The topological polar surface area (TPSA) is 124 Å². The van der Waals surface area contributed by atoms with Crippen LogP contribution in [-0.4, -0.2) is 60.2 Å². The fraction of sp³-hybridized carbons (Fsp3) is 0.273. The molecule has 4 atom stereocenters. The summed E-state index contributed by atoms with van der Waals surface area (Å²) in [7, 11) is 0. The van der Waals surface area contributed by atoms with E-state index in [4.69, 9.17) is 19.4 Å². The van der Waals surface area contributed by atoms with E-state index in [9.17, 15) is 14.4 Å². The van der Waals surface area contributed by atoms with Crippen LogP contribution in [0.3, 0.4) is 0 Å². The summed E-state index contributed by atoms with van der Waals surface area (Å²) in [6, 6.07) is 15.9. The molecule has 9 heteroatoms. The van der Waals surface area contributed by atoms with E-state index >= 15 is 0 Å². The molecule has 0 aliphatic carbocycles. The highest BCUT2D eigenvalue weighted by atomic mass is 16.6. The summed E-state index contributed by atoms with van der Waals surface area (Å²) in [4.78, 5) is 36.6. The zero-order valence-corrected chi connectivity index (χ0v) is 16.7. The average molecular weight is 426 g/mol. The molecule has 2 N–H and O–H groups in total. The van der Waals surface area contributed by atoms with Crippen LogP contribution in [0, 0.1) is 0 Å². The zero-order valence-electron chi connectivity index (χ0n) is 16.7. The molecule has 2 aromatic rings. The lowest BCUT2D eigenvalue weighted by Crippen LogP contribution is -2.50. The zero-order chi connectivity index (χ0) is 22.2. The summed E-state index contributed by atoms with van der Waals surface area (Å²) < 4.78 is 16.7. The van der Waals surface area contributed by atoms with Gasteiger partial charge in [0.1, 0.15) is 18.8 Å². The summed E-state index contributed by atoms with van der Waals surface area (Å²) >= 11 is 0. The number of amides is 1. The Morgan fingerprint density at radius 2 is 1.61 bits per heavy atom. The van der Waals surface area contributed by atoms with Crippen LogP contribution in [-0.2, 0) is 19.0 Å². The van der Waals surface area contributed by atoms with Crippen LogP contribution >= 0.6 is 0 Å². The number of nitrogens with zero attached hydrogens (tertiary/aromatic N) is 1. The number of hydrogen-bond acceptors (Lipinski definition) is 8. The minimum absolute atomic E-state index is 0.214. The van der Waals surface area contributed by atoms with Crippen molar-refractivity contribution in [3.63, 3.8) is 0 Å². The van der Waals surface area contributed by atoms with Crippen LogP contribution in [0.5, 0.6) is 0 Å². The molecule has 1 saturated heterocycles. The fourth-order valence-corrected chi connectivity index (χ4v) is 3.24. The standard InChI is InChI=1S/C22H22N2O7/c1-14(25)24-19-18(13-29-21(26)15-8-4-2-5-9-15)30-17(12-23-28)20(19)31-22(27)16-10-6-3-7-11-16/h2-12,17-20,28H,13H2,1H3,(H,24,25)/b23-12-/t17-,18+,19-,20-/m0/s1. The molecule has 0 bridgehead atoms. The van der Waals surface area contributed by atoms with Gasteiger partial charge in [-0.05, 0) is 24.3 Å². The minimum Gasteiger partial charge on any atom is -0.459 e. The van der Waals surface area contributed by atoms with Gasteiger partial charge < -0.3 is 24.7 Å². The number of carbonyl (C=O) groups excluding carboxylic acids is 3. The molecule has 1 aliphatic heterocycles. The van der Waals surface area contributed by atoms with Crippen LogP contribution in [0.15, 0.2) is 65.8 Å². The Bertz CT molecular complexity index is 933. The molecule has 2 aromatic carbocycles. The predicted octanol–water partition coefficient (Wildman–Crippen LogP) is 1.80. The monoisotopic (exact) mass is 426 g/mol. The molecule has 1 heterocycles. The number of esters is 2. The maximum atomic E-state index is 12.6. The van der Waals surface area contributed by atoms with Crippen molar-refractivity contribution in [1.29, 1.82) is 0 Å². The first-order chi connectivity index (χ1) is 15.0. The number of rotatable bonds is 7. The molecule has 0 aromatic heterocycles. The molecular weight excluding hydrogens is 404 g/mol. The molecular formula is C22H22N2O7. The smallest absolute Gasteiger partial charge is 0.338 e. The van der Waals surface area contributed by atoms with Crippen LogP contribution in [0.4, 0.5) is 0 Å². The lowest BCUT2D eigenvalue weighted by atomic mass is 10.0. The first kappa shape index (κ1) is 22.0. The van der Waals surface area contributed by atoms with E-state index in [0.717, 1.165) is 6.21 Å². The summed E-state index contributed by atoms with van der Waals surface area (Å²) in [6.45, 7) is 1.09. The van der Waals surface area contributed by atoms with Crippen molar-refractivity contribution >= 4 is 24.1 Å².